The molecule has 1 aliphatic heterocycles. The Morgan fingerprint density at radius 3 is 2.48 bits per heavy atom. The van der Waals surface area contributed by atoms with Crippen LogP contribution in [0.25, 0.3) is 6.08 Å². The van der Waals surface area contributed by atoms with Crippen LogP contribution in [0, 0.1) is 10.1 Å². The Bertz CT molecular complexity index is 805. The molecule has 0 unspecified atom stereocenters. The van der Waals surface area contributed by atoms with Crippen molar-refractivity contribution >= 4 is 17.9 Å². The van der Waals surface area contributed by atoms with Gasteiger partial charge in [-0.25, -0.2) is 0 Å². The van der Waals surface area contributed by atoms with Gasteiger partial charge in [0.25, 0.3) is 0 Å². The summed E-state index contributed by atoms with van der Waals surface area (Å²) >= 11 is 0. The minimum Gasteiger partial charge on any atom is -0.401 e. The number of nitrogens with zero attached hydrogens (tertiary/aromatic N) is 1. The van der Waals surface area contributed by atoms with E-state index in [0.717, 1.165) is 12.1 Å². The van der Waals surface area contributed by atoms with Crippen LogP contribution in [-0.2, 0) is 17.9 Å². The maximum atomic E-state index is 11.9. The number of nitrogens with one attached hydrogen (secondary N) is 2. The number of amides is 1. The smallest absolute Gasteiger partial charge is 0.401 e. The maximum Gasteiger partial charge on any atom is 0.433 e. The standard InChI is InChI=1S/C20H23N3O4/c24-19(10-8-18-9-11-20(27-18)23(25)26)21-14-16-4-6-17(7-5-16)15-22-12-2-1-3-13-22/h4-11H,1-3,12-15H2,(H,21,24)/p+1/b10-8+. The molecular formula is C20H24N3O4+. The molecule has 0 aliphatic carbocycles. The molecule has 2 N–H and O–H groups in total. The first-order chi connectivity index (χ1) is 13.1. The summed E-state index contributed by atoms with van der Waals surface area (Å²) in [6.45, 7) is 3.99. The molecule has 0 spiro atoms. The number of carbonyl (C=O) groups excluding carboxylic acids is 1. The summed E-state index contributed by atoms with van der Waals surface area (Å²) in [5, 5.41) is 13.3. The Hall–Kier alpha value is -2.93. The topological polar surface area (TPSA) is 89.8 Å². The first-order valence-electron chi connectivity index (χ1n) is 9.22. The molecular weight excluding hydrogens is 346 g/mol. The molecule has 142 valence electrons. The van der Waals surface area contributed by atoms with E-state index in [9.17, 15) is 14.9 Å². The Morgan fingerprint density at radius 1 is 1.11 bits per heavy atom. The normalized spacial score (nSPS) is 15.1. The van der Waals surface area contributed by atoms with Gasteiger partial charge in [-0.3, -0.25) is 14.9 Å². The highest BCUT2D eigenvalue weighted by atomic mass is 16.6. The van der Waals surface area contributed by atoms with E-state index in [0.29, 0.717) is 6.54 Å². The number of rotatable bonds is 7. The molecule has 7 heteroatoms. The highest BCUT2D eigenvalue weighted by Crippen LogP contribution is 2.16. The summed E-state index contributed by atoms with van der Waals surface area (Å²) in [5.74, 6) is -0.362. The summed E-state index contributed by atoms with van der Waals surface area (Å²) < 4.78 is 4.97. The van der Waals surface area contributed by atoms with Crippen molar-refractivity contribution < 1.29 is 19.0 Å². The van der Waals surface area contributed by atoms with Gasteiger partial charge >= 0.3 is 5.88 Å². The van der Waals surface area contributed by atoms with Crippen LogP contribution >= 0.6 is 0 Å². The molecule has 1 fully saturated rings. The van der Waals surface area contributed by atoms with Crippen molar-refractivity contribution in [2.75, 3.05) is 13.1 Å². The predicted octanol–water partition coefficient (Wildman–Crippen LogP) is 2.09. The van der Waals surface area contributed by atoms with E-state index in [-0.39, 0.29) is 17.6 Å². The number of piperidine rings is 1. The zero-order valence-electron chi connectivity index (χ0n) is 15.1. The number of nitro groups is 1. The minimum atomic E-state index is -0.617. The van der Waals surface area contributed by atoms with E-state index in [1.165, 1.54) is 62.2 Å². The van der Waals surface area contributed by atoms with E-state index < -0.39 is 4.92 Å². The third-order valence-corrected chi connectivity index (χ3v) is 4.70. The third kappa shape index (κ3) is 5.79. The van der Waals surface area contributed by atoms with Crippen LogP contribution in [0.4, 0.5) is 5.88 Å². The van der Waals surface area contributed by atoms with E-state index in [2.05, 4.69) is 17.4 Å². The summed E-state index contributed by atoms with van der Waals surface area (Å²) in [7, 11) is 0. The van der Waals surface area contributed by atoms with Gasteiger partial charge in [-0.15, -0.1) is 0 Å². The molecule has 0 bridgehead atoms. The van der Waals surface area contributed by atoms with Crippen LogP contribution in [0.15, 0.2) is 46.9 Å². The molecule has 2 heterocycles. The van der Waals surface area contributed by atoms with Gasteiger partial charge < -0.3 is 14.6 Å². The maximum absolute atomic E-state index is 11.9. The Labute approximate surface area is 157 Å². The second-order valence-corrected chi connectivity index (χ2v) is 6.79. The van der Waals surface area contributed by atoms with Crippen LogP contribution in [0.2, 0.25) is 0 Å². The van der Waals surface area contributed by atoms with Crippen LogP contribution in [0.3, 0.4) is 0 Å². The number of hydrogen-bond donors (Lipinski definition) is 2. The summed E-state index contributed by atoms with van der Waals surface area (Å²) in [4.78, 5) is 23.5. The fourth-order valence-electron chi connectivity index (χ4n) is 3.23. The number of likely N-dealkylation sites (tertiary alicyclic amines) is 1. The van der Waals surface area contributed by atoms with Crippen molar-refractivity contribution in [2.45, 2.75) is 32.4 Å². The largest absolute Gasteiger partial charge is 0.433 e. The van der Waals surface area contributed by atoms with Crippen molar-refractivity contribution in [3.05, 3.63) is 69.5 Å². The third-order valence-electron chi connectivity index (χ3n) is 4.70. The second-order valence-electron chi connectivity index (χ2n) is 6.79. The molecule has 0 atom stereocenters. The van der Waals surface area contributed by atoms with E-state index in [1.54, 1.807) is 4.90 Å². The number of hydrogen-bond acceptors (Lipinski definition) is 4. The molecule has 1 aromatic carbocycles. The quantitative estimate of drug-likeness (QED) is 0.444. The van der Waals surface area contributed by atoms with Gasteiger partial charge in [0.2, 0.25) is 5.91 Å². The molecule has 3 rings (SSSR count). The fourth-order valence-corrected chi connectivity index (χ4v) is 3.23. The average Bonchev–Trinajstić information content (AvgIpc) is 3.16. The fraction of sp³-hybridized carbons (Fsp3) is 0.350. The Morgan fingerprint density at radius 2 is 1.81 bits per heavy atom. The van der Waals surface area contributed by atoms with E-state index in [1.807, 2.05) is 12.1 Å². The molecule has 7 nitrogen and oxygen atoms in total. The first kappa shape index (κ1) is 18.8. The van der Waals surface area contributed by atoms with Gasteiger partial charge in [0.05, 0.1) is 19.2 Å². The monoisotopic (exact) mass is 370 g/mol. The Balaban J connectivity index is 1.45. The van der Waals surface area contributed by atoms with Crippen molar-refractivity contribution in [2.24, 2.45) is 0 Å². The number of quaternary nitrogens is 1. The highest BCUT2D eigenvalue weighted by Gasteiger charge is 2.13. The lowest BCUT2D eigenvalue weighted by atomic mass is 10.1. The van der Waals surface area contributed by atoms with Crippen LogP contribution in [0.5, 0.6) is 0 Å². The SMILES string of the molecule is O=C(/C=C/c1ccc([N+](=O)[O-])o1)NCc1ccc(C[NH+]2CCCCC2)cc1. The molecule has 1 aliphatic rings. The van der Waals surface area contributed by atoms with Crippen LogP contribution in [0.1, 0.15) is 36.1 Å². The van der Waals surface area contributed by atoms with Crippen LogP contribution in [-0.4, -0.2) is 23.9 Å². The van der Waals surface area contributed by atoms with Crippen molar-refractivity contribution in [1.82, 2.24) is 5.32 Å². The zero-order chi connectivity index (χ0) is 19.1. The molecule has 1 saturated heterocycles. The first-order valence-corrected chi connectivity index (χ1v) is 9.22. The number of furan rings is 1. The lowest BCUT2D eigenvalue weighted by Gasteiger charge is -2.23. The van der Waals surface area contributed by atoms with Crippen molar-refractivity contribution in [3.63, 3.8) is 0 Å². The lowest BCUT2D eigenvalue weighted by molar-refractivity contribution is -0.918. The van der Waals surface area contributed by atoms with Gasteiger partial charge in [-0.05, 0) is 37.0 Å². The van der Waals surface area contributed by atoms with Crippen molar-refractivity contribution in [3.8, 4) is 0 Å². The summed E-state index contributed by atoms with van der Waals surface area (Å²) in [5.41, 5.74) is 2.35. The number of carbonyl (C=O) groups is 1. The second kappa shape index (κ2) is 9.14. The molecule has 1 amide bonds. The molecule has 2 aromatic rings. The van der Waals surface area contributed by atoms with E-state index in [4.69, 9.17) is 4.42 Å². The molecule has 1 aromatic heterocycles. The van der Waals surface area contributed by atoms with Gasteiger partial charge in [0.15, 0.2) is 0 Å². The van der Waals surface area contributed by atoms with Gasteiger partial charge in [-0.1, -0.05) is 24.3 Å². The lowest BCUT2D eigenvalue weighted by Crippen LogP contribution is -3.11. The molecule has 0 saturated carbocycles. The van der Waals surface area contributed by atoms with Gasteiger partial charge in [0.1, 0.15) is 17.2 Å². The van der Waals surface area contributed by atoms with Gasteiger partial charge in [0, 0.05) is 18.2 Å². The average molecular weight is 370 g/mol. The predicted molar refractivity (Wildman–Crippen MR) is 101 cm³/mol. The van der Waals surface area contributed by atoms with E-state index >= 15 is 0 Å². The summed E-state index contributed by atoms with van der Waals surface area (Å²) in [6, 6.07) is 11.0. The highest BCUT2D eigenvalue weighted by molar-refractivity contribution is 5.91. The van der Waals surface area contributed by atoms with Gasteiger partial charge in [-0.2, -0.15) is 0 Å². The zero-order valence-corrected chi connectivity index (χ0v) is 15.1. The Kier molecular flexibility index (Phi) is 6.38. The molecule has 27 heavy (non-hydrogen) atoms. The molecule has 0 radical (unpaired) electrons. The minimum absolute atomic E-state index is 0.265. The summed E-state index contributed by atoms with van der Waals surface area (Å²) in [6.07, 6.45) is 6.70. The number of benzene rings is 1. The van der Waals surface area contributed by atoms with Crippen LogP contribution < -0.4 is 10.2 Å². The van der Waals surface area contributed by atoms with Crippen molar-refractivity contribution in [1.29, 1.82) is 0 Å².